The second kappa shape index (κ2) is 5.62. The molecular formula is C10H12FNO4S. The Balaban J connectivity index is 2.57. The molecule has 0 heterocycles. The summed E-state index contributed by atoms with van der Waals surface area (Å²) in [5.74, 6) is -1.91. The minimum absolute atomic E-state index is 0.0139. The summed E-state index contributed by atoms with van der Waals surface area (Å²) in [7, 11) is -3.63. The van der Waals surface area contributed by atoms with Crippen molar-refractivity contribution in [2.75, 3.05) is 10.5 Å². The maximum atomic E-state index is 12.8. The highest BCUT2D eigenvalue weighted by molar-refractivity contribution is 7.92. The molecule has 0 fully saturated rings. The van der Waals surface area contributed by atoms with Gasteiger partial charge < -0.3 is 5.11 Å². The van der Waals surface area contributed by atoms with Gasteiger partial charge in [0.2, 0.25) is 10.0 Å². The van der Waals surface area contributed by atoms with Crippen LogP contribution in [0.4, 0.5) is 10.1 Å². The molecule has 0 aromatic heterocycles. The van der Waals surface area contributed by atoms with E-state index >= 15 is 0 Å². The second-order valence-electron chi connectivity index (χ2n) is 3.43. The Morgan fingerprint density at radius 3 is 2.71 bits per heavy atom. The lowest BCUT2D eigenvalue weighted by molar-refractivity contribution is -0.137. The predicted octanol–water partition coefficient (Wildman–Crippen LogP) is 1.43. The molecule has 7 heteroatoms. The topological polar surface area (TPSA) is 83.5 Å². The normalized spacial score (nSPS) is 11.1. The van der Waals surface area contributed by atoms with Crippen molar-refractivity contribution in [3.63, 3.8) is 0 Å². The molecule has 0 aliphatic rings. The highest BCUT2D eigenvalue weighted by atomic mass is 32.2. The summed E-state index contributed by atoms with van der Waals surface area (Å²) in [4.78, 5) is 10.2. The van der Waals surface area contributed by atoms with Gasteiger partial charge in [-0.1, -0.05) is 6.07 Å². The van der Waals surface area contributed by atoms with Crippen LogP contribution in [0.15, 0.2) is 24.3 Å². The minimum Gasteiger partial charge on any atom is -0.481 e. The number of carboxylic acid groups (broad SMARTS) is 1. The zero-order valence-corrected chi connectivity index (χ0v) is 9.71. The number of halogens is 1. The van der Waals surface area contributed by atoms with E-state index in [4.69, 9.17) is 5.11 Å². The van der Waals surface area contributed by atoms with Crippen LogP contribution in [-0.2, 0) is 14.8 Å². The van der Waals surface area contributed by atoms with Crippen molar-refractivity contribution in [2.24, 2.45) is 0 Å². The fourth-order valence-corrected chi connectivity index (χ4v) is 2.31. The van der Waals surface area contributed by atoms with Crippen LogP contribution in [0.2, 0.25) is 0 Å². The lowest BCUT2D eigenvalue weighted by atomic mass is 10.3. The number of rotatable bonds is 6. The Labute approximate surface area is 98.3 Å². The van der Waals surface area contributed by atoms with Gasteiger partial charge in [-0.25, -0.2) is 12.8 Å². The zero-order chi connectivity index (χ0) is 12.9. The van der Waals surface area contributed by atoms with Gasteiger partial charge >= 0.3 is 5.97 Å². The highest BCUT2D eigenvalue weighted by Gasteiger charge is 2.11. The van der Waals surface area contributed by atoms with Crippen LogP contribution in [0.1, 0.15) is 12.8 Å². The Kier molecular flexibility index (Phi) is 4.45. The molecule has 0 unspecified atom stereocenters. The third-order valence-electron chi connectivity index (χ3n) is 1.90. The summed E-state index contributed by atoms with van der Waals surface area (Å²) in [6, 6.07) is 5.04. The average molecular weight is 261 g/mol. The summed E-state index contributed by atoms with van der Waals surface area (Å²) >= 11 is 0. The third kappa shape index (κ3) is 5.30. The number of carbonyl (C=O) groups is 1. The summed E-state index contributed by atoms with van der Waals surface area (Å²) in [5, 5.41) is 8.37. The van der Waals surface area contributed by atoms with Crippen molar-refractivity contribution in [1.82, 2.24) is 0 Å². The van der Waals surface area contributed by atoms with Gasteiger partial charge in [-0.3, -0.25) is 9.52 Å². The number of benzene rings is 1. The average Bonchev–Trinajstić information content (AvgIpc) is 2.15. The molecule has 0 bridgehead atoms. The van der Waals surface area contributed by atoms with Crippen molar-refractivity contribution in [3.8, 4) is 0 Å². The minimum atomic E-state index is -3.63. The number of aliphatic carboxylic acids is 1. The first-order chi connectivity index (χ1) is 7.89. The molecule has 0 amide bonds. The quantitative estimate of drug-likeness (QED) is 0.811. The van der Waals surface area contributed by atoms with Gasteiger partial charge in [0.25, 0.3) is 0 Å². The van der Waals surface area contributed by atoms with Crippen LogP contribution < -0.4 is 4.72 Å². The van der Waals surface area contributed by atoms with Gasteiger partial charge in [0, 0.05) is 6.42 Å². The van der Waals surface area contributed by atoms with Crippen molar-refractivity contribution in [3.05, 3.63) is 30.1 Å². The smallest absolute Gasteiger partial charge is 0.303 e. The summed E-state index contributed by atoms with van der Waals surface area (Å²) in [6.07, 6.45) is -0.204. The van der Waals surface area contributed by atoms with E-state index < -0.39 is 21.8 Å². The molecule has 0 saturated carbocycles. The fraction of sp³-hybridized carbons (Fsp3) is 0.300. The van der Waals surface area contributed by atoms with E-state index in [2.05, 4.69) is 4.72 Å². The highest BCUT2D eigenvalue weighted by Crippen LogP contribution is 2.11. The molecule has 0 radical (unpaired) electrons. The lowest BCUT2D eigenvalue weighted by Gasteiger charge is -2.07. The second-order valence-corrected chi connectivity index (χ2v) is 5.27. The van der Waals surface area contributed by atoms with Crippen molar-refractivity contribution in [1.29, 1.82) is 0 Å². The van der Waals surface area contributed by atoms with Crippen molar-refractivity contribution in [2.45, 2.75) is 12.8 Å². The maximum Gasteiger partial charge on any atom is 0.303 e. The van der Waals surface area contributed by atoms with Gasteiger partial charge in [-0.15, -0.1) is 0 Å². The predicted molar refractivity (Wildman–Crippen MR) is 60.7 cm³/mol. The summed E-state index contributed by atoms with van der Waals surface area (Å²) in [5.41, 5.74) is 0.125. The summed E-state index contributed by atoms with van der Waals surface area (Å²) in [6.45, 7) is 0. The number of nitrogens with one attached hydrogen (secondary N) is 1. The number of hydrogen-bond acceptors (Lipinski definition) is 3. The van der Waals surface area contributed by atoms with Crippen molar-refractivity contribution < 1.29 is 22.7 Å². The molecule has 94 valence electrons. The Morgan fingerprint density at radius 2 is 2.12 bits per heavy atom. The molecule has 17 heavy (non-hydrogen) atoms. The van der Waals surface area contributed by atoms with Gasteiger partial charge in [0.05, 0.1) is 11.4 Å². The van der Waals surface area contributed by atoms with Crippen LogP contribution >= 0.6 is 0 Å². The maximum absolute atomic E-state index is 12.8. The van der Waals surface area contributed by atoms with Gasteiger partial charge in [0.15, 0.2) is 0 Å². The standard InChI is InChI=1S/C10H12FNO4S/c11-8-3-1-4-9(7-8)12-17(15,16)6-2-5-10(13)14/h1,3-4,7,12H,2,5-6H2,(H,13,14). The monoisotopic (exact) mass is 261 g/mol. The number of hydrogen-bond donors (Lipinski definition) is 2. The SMILES string of the molecule is O=C(O)CCCS(=O)(=O)Nc1cccc(F)c1. The molecule has 0 saturated heterocycles. The van der Waals surface area contributed by atoms with Gasteiger partial charge in [-0.05, 0) is 24.6 Å². The van der Waals surface area contributed by atoms with Crippen LogP contribution in [0.25, 0.3) is 0 Å². The molecule has 1 aromatic carbocycles. The molecule has 0 spiro atoms. The van der Waals surface area contributed by atoms with Gasteiger partial charge in [-0.2, -0.15) is 0 Å². The molecule has 1 aromatic rings. The van der Waals surface area contributed by atoms with Crippen molar-refractivity contribution >= 4 is 21.7 Å². The molecule has 2 N–H and O–H groups in total. The number of sulfonamides is 1. The van der Waals surface area contributed by atoms with Crippen LogP contribution in [0.5, 0.6) is 0 Å². The third-order valence-corrected chi connectivity index (χ3v) is 3.27. The zero-order valence-electron chi connectivity index (χ0n) is 8.89. The van der Waals surface area contributed by atoms with E-state index in [1.165, 1.54) is 18.2 Å². The number of anilines is 1. The van der Waals surface area contributed by atoms with E-state index in [-0.39, 0.29) is 24.3 Å². The first-order valence-corrected chi connectivity index (χ1v) is 6.52. The Morgan fingerprint density at radius 1 is 1.41 bits per heavy atom. The van der Waals surface area contributed by atoms with E-state index in [0.29, 0.717) is 0 Å². The van der Waals surface area contributed by atoms with Gasteiger partial charge in [0.1, 0.15) is 5.82 Å². The molecule has 0 aliphatic heterocycles. The summed E-state index contributed by atoms with van der Waals surface area (Å²) < 4.78 is 37.9. The molecule has 1 rings (SSSR count). The van der Waals surface area contributed by atoms with E-state index in [0.717, 1.165) is 6.07 Å². The molecular weight excluding hydrogens is 249 g/mol. The number of carboxylic acids is 1. The largest absolute Gasteiger partial charge is 0.481 e. The van der Waals surface area contributed by atoms with Crippen LogP contribution in [-0.4, -0.2) is 25.2 Å². The first kappa shape index (κ1) is 13.4. The molecule has 0 aliphatic carbocycles. The fourth-order valence-electron chi connectivity index (χ4n) is 1.20. The van der Waals surface area contributed by atoms with Crippen LogP contribution in [0.3, 0.4) is 0 Å². The van der Waals surface area contributed by atoms with Crippen LogP contribution in [0, 0.1) is 5.82 Å². The van der Waals surface area contributed by atoms with E-state index in [1.54, 1.807) is 0 Å². The first-order valence-electron chi connectivity index (χ1n) is 4.87. The van der Waals surface area contributed by atoms with E-state index in [1.807, 2.05) is 0 Å². The molecule has 0 atom stereocenters. The Hall–Kier alpha value is -1.63. The lowest BCUT2D eigenvalue weighted by Crippen LogP contribution is -2.17. The van der Waals surface area contributed by atoms with E-state index in [9.17, 15) is 17.6 Å². The Bertz CT molecular complexity index is 501. The molecule has 5 nitrogen and oxygen atoms in total.